The molecule has 0 aliphatic heterocycles. The fourth-order valence-corrected chi connectivity index (χ4v) is 1.44. The van der Waals surface area contributed by atoms with Crippen LogP contribution in [0, 0.1) is 0 Å². The number of methoxy groups -OCH3 is 1. The van der Waals surface area contributed by atoms with Crippen LogP contribution in [0.1, 0.15) is 26.2 Å². The zero-order chi connectivity index (χ0) is 12.5. The number of unbranched alkanes of at least 4 members (excludes halogenated alkanes) is 1. The molecular weight excluding hydrogens is 214 g/mol. The van der Waals surface area contributed by atoms with Gasteiger partial charge >= 0.3 is 0 Å². The van der Waals surface area contributed by atoms with Crippen LogP contribution in [-0.2, 0) is 0 Å². The minimum absolute atomic E-state index is 0.653. The molecule has 3 nitrogen and oxygen atoms in total. The average Bonchev–Trinajstić information content (AvgIpc) is 2.35. The predicted octanol–water partition coefficient (Wildman–Crippen LogP) is 3.40. The van der Waals surface area contributed by atoms with Gasteiger partial charge in [0.05, 0.1) is 13.7 Å². The number of rotatable bonds is 7. The van der Waals surface area contributed by atoms with Gasteiger partial charge in [0, 0.05) is 11.8 Å². The lowest BCUT2D eigenvalue weighted by atomic mass is 10.3. The van der Waals surface area contributed by atoms with Crippen molar-refractivity contribution in [1.82, 2.24) is 0 Å². The summed E-state index contributed by atoms with van der Waals surface area (Å²) in [6, 6.07) is 5.41. The van der Waals surface area contributed by atoms with Crippen molar-refractivity contribution in [2.24, 2.45) is 0 Å². The van der Waals surface area contributed by atoms with Crippen molar-refractivity contribution in [3.63, 3.8) is 0 Å². The first-order valence-electron chi connectivity index (χ1n) is 5.99. The van der Waals surface area contributed by atoms with E-state index in [1.165, 1.54) is 6.42 Å². The molecule has 2 N–H and O–H groups in total. The molecule has 17 heavy (non-hydrogen) atoms. The van der Waals surface area contributed by atoms with Gasteiger partial charge in [0.25, 0.3) is 0 Å². The molecule has 0 aliphatic rings. The second-order valence-corrected chi connectivity index (χ2v) is 3.81. The zero-order valence-corrected chi connectivity index (χ0v) is 10.6. The first kappa shape index (κ1) is 13.4. The lowest BCUT2D eigenvalue weighted by molar-refractivity contribution is 0.300. The molecule has 0 spiro atoms. The Labute approximate surface area is 103 Å². The van der Waals surface area contributed by atoms with Gasteiger partial charge in [-0.25, -0.2) is 0 Å². The van der Waals surface area contributed by atoms with Gasteiger partial charge in [0.15, 0.2) is 11.5 Å². The molecule has 94 valence electrons. The van der Waals surface area contributed by atoms with Crippen molar-refractivity contribution in [3.8, 4) is 11.5 Å². The van der Waals surface area contributed by atoms with Crippen LogP contribution in [0.3, 0.4) is 0 Å². The third kappa shape index (κ3) is 4.81. The fourth-order valence-electron chi connectivity index (χ4n) is 1.44. The van der Waals surface area contributed by atoms with Crippen molar-refractivity contribution in [3.05, 3.63) is 30.4 Å². The van der Waals surface area contributed by atoms with Gasteiger partial charge in [0.1, 0.15) is 0 Å². The van der Waals surface area contributed by atoms with Crippen molar-refractivity contribution >= 4 is 5.69 Å². The van der Waals surface area contributed by atoms with Crippen LogP contribution in [0.2, 0.25) is 0 Å². The van der Waals surface area contributed by atoms with Crippen molar-refractivity contribution in [1.29, 1.82) is 0 Å². The van der Waals surface area contributed by atoms with E-state index in [0.29, 0.717) is 18.0 Å². The van der Waals surface area contributed by atoms with Gasteiger partial charge in [-0.2, -0.15) is 0 Å². The Hall–Kier alpha value is -1.64. The lowest BCUT2D eigenvalue weighted by Crippen LogP contribution is -1.98. The van der Waals surface area contributed by atoms with Crippen LogP contribution in [0.4, 0.5) is 5.69 Å². The topological polar surface area (TPSA) is 44.5 Å². The maximum Gasteiger partial charge on any atom is 0.162 e. The molecular formula is C14H21NO2. The Bertz CT molecular complexity index is 361. The molecule has 0 amide bonds. The number of allylic oxidation sites excluding steroid dienone is 1. The molecule has 1 aromatic rings. The fraction of sp³-hybridized carbons (Fsp3) is 0.429. The molecule has 3 heteroatoms. The summed E-state index contributed by atoms with van der Waals surface area (Å²) in [5, 5.41) is 0. The number of nitrogens with two attached hydrogens (primary N) is 1. The van der Waals surface area contributed by atoms with E-state index in [9.17, 15) is 0 Å². The maximum absolute atomic E-state index is 5.67. The third-order valence-corrected chi connectivity index (χ3v) is 2.35. The van der Waals surface area contributed by atoms with E-state index >= 15 is 0 Å². The summed E-state index contributed by atoms with van der Waals surface area (Å²) in [6.07, 6.45) is 7.55. The molecule has 0 heterocycles. The van der Waals surface area contributed by atoms with Gasteiger partial charge < -0.3 is 15.2 Å². The van der Waals surface area contributed by atoms with Crippen molar-refractivity contribution in [2.45, 2.75) is 26.2 Å². The van der Waals surface area contributed by atoms with Crippen LogP contribution in [0.15, 0.2) is 30.4 Å². The van der Waals surface area contributed by atoms with E-state index < -0.39 is 0 Å². The van der Waals surface area contributed by atoms with Crippen molar-refractivity contribution < 1.29 is 9.47 Å². The van der Waals surface area contributed by atoms with E-state index in [0.717, 1.165) is 18.6 Å². The van der Waals surface area contributed by atoms with E-state index in [-0.39, 0.29) is 0 Å². The summed E-state index contributed by atoms with van der Waals surface area (Å²) in [4.78, 5) is 0. The van der Waals surface area contributed by atoms with Crippen LogP contribution in [0.5, 0.6) is 11.5 Å². The number of anilines is 1. The Morgan fingerprint density at radius 3 is 2.65 bits per heavy atom. The molecule has 1 aromatic carbocycles. The highest BCUT2D eigenvalue weighted by Crippen LogP contribution is 2.28. The third-order valence-electron chi connectivity index (χ3n) is 2.35. The Kier molecular flexibility index (Phi) is 6.00. The highest BCUT2D eigenvalue weighted by molar-refractivity contribution is 5.51. The highest BCUT2D eigenvalue weighted by atomic mass is 16.5. The van der Waals surface area contributed by atoms with Crippen LogP contribution >= 0.6 is 0 Å². The molecule has 0 fully saturated rings. The summed E-state index contributed by atoms with van der Waals surface area (Å²) in [5.41, 5.74) is 6.34. The molecule has 0 radical (unpaired) electrons. The average molecular weight is 235 g/mol. The second kappa shape index (κ2) is 7.60. The first-order valence-corrected chi connectivity index (χ1v) is 5.99. The van der Waals surface area contributed by atoms with E-state index in [4.69, 9.17) is 15.2 Å². The van der Waals surface area contributed by atoms with Gasteiger partial charge in [-0.3, -0.25) is 0 Å². The standard InChI is InChI=1S/C14H21NO2/c1-3-4-5-6-7-10-17-13-9-8-12(15)11-14(13)16-2/h5-6,8-9,11H,3-4,7,10,15H2,1-2H3/b6-5+. The largest absolute Gasteiger partial charge is 0.493 e. The minimum atomic E-state index is 0.653. The SMILES string of the molecule is CCC/C=C/CCOc1ccc(N)cc1OC. The monoisotopic (exact) mass is 235 g/mol. The molecule has 0 unspecified atom stereocenters. The Morgan fingerprint density at radius 2 is 1.94 bits per heavy atom. The molecule has 0 bridgehead atoms. The summed E-state index contributed by atoms with van der Waals surface area (Å²) in [5.74, 6) is 1.42. The van der Waals surface area contributed by atoms with Crippen LogP contribution in [0.25, 0.3) is 0 Å². The molecule has 0 aliphatic carbocycles. The number of nitrogen functional groups attached to an aromatic ring is 1. The quantitative estimate of drug-likeness (QED) is 0.447. The molecule has 0 saturated carbocycles. The van der Waals surface area contributed by atoms with E-state index in [2.05, 4.69) is 19.1 Å². The summed E-state index contributed by atoms with van der Waals surface area (Å²) in [7, 11) is 1.61. The number of benzene rings is 1. The molecule has 0 atom stereocenters. The predicted molar refractivity (Wildman–Crippen MR) is 71.6 cm³/mol. The maximum atomic E-state index is 5.67. The zero-order valence-electron chi connectivity index (χ0n) is 10.6. The highest BCUT2D eigenvalue weighted by Gasteiger charge is 2.03. The van der Waals surface area contributed by atoms with Gasteiger partial charge in [-0.1, -0.05) is 25.5 Å². The first-order chi connectivity index (χ1) is 8.27. The Balaban J connectivity index is 2.41. The van der Waals surface area contributed by atoms with Gasteiger partial charge in [-0.15, -0.1) is 0 Å². The number of hydrogen-bond acceptors (Lipinski definition) is 3. The Morgan fingerprint density at radius 1 is 1.18 bits per heavy atom. The number of hydrogen-bond donors (Lipinski definition) is 1. The smallest absolute Gasteiger partial charge is 0.162 e. The summed E-state index contributed by atoms with van der Waals surface area (Å²) in [6.45, 7) is 2.82. The van der Waals surface area contributed by atoms with E-state index in [1.807, 2.05) is 12.1 Å². The van der Waals surface area contributed by atoms with E-state index in [1.54, 1.807) is 13.2 Å². The van der Waals surface area contributed by atoms with Crippen LogP contribution in [-0.4, -0.2) is 13.7 Å². The summed E-state index contributed by atoms with van der Waals surface area (Å²) >= 11 is 0. The molecule has 1 rings (SSSR count). The number of ether oxygens (including phenoxy) is 2. The molecule has 0 aromatic heterocycles. The lowest BCUT2D eigenvalue weighted by Gasteiger charge is -2.10. The minimum Gasteiger partial charge on any atom is -0.493 e. The van der Waals surface area contributed by atoms with Crippen LogP contribution < -0.4 is 15.2 Å². The van der Waals surface area contributed by atoms with Gasteiger partial charge in [-0.05, 0) is 25.0 Å². The van der Waals surface area contributed by atoms with Gasteiger partial charge in [0.2, 0.25) is 0 Å². The molecule has 0 saturated heterocycles. The summed E-state index contributed by atoms with van der Waals surface area (Å²) < 4.78 is 10.8. The second-order valence-electron chi connectivity index (χ2n) is 3.81. The van der Waals surface area contributed by atoms with Crippen molar-refractivity contribution in [2.75, 3.05) is 19.5 Å². The normalized spacial score (nSPS) is 10.7.